The number of hydrogen-bond donors (Lipinski definition) is 0. The van der Waals surface area contributed by atoms with Crippen LogP contribution in [-0.2, 0) is 0 Å². The fourth-order valence-corrected chi connectivity index (χ4v) is 20.2. The van der Waals surface area contributed by atoms with E-state index < -0.39 is 0 Å². The van der Waals surface area contributed by atoms with Gasteiger partial charge in [0.15, 0.2) is 34.9 Å². The first-order valence-corrected chi connectivity index (χ1v) is 50.1. The fraction of sp³-hybridized carbons (Fsp3) is 0. The van der Waals surface area contributed by atoms with Crippen LogP contribution in [0.2, 0.25) is 0 Å². The number of para-hydroxylation sites is 13. The third-order valence-corrected chi connectivity index (χ3v) is 27.1. The number of anilines is 9. The first-order chi connectivity index (χ1) is 74.4. The summed E-state index contributed by atoms with van der Waals surface area (Å²) in [5.41, 5.74) is 28.2. The van der Waals surface area contributed by atoms with Crippen molar-refractivity contribution in [3.8, 4) is 120 Å². The maximum atomic E-state index is 5.19. The summed E-state index contributed by atoms with van der Waals surface area (Å²) in [5, 5.41) is 6.96. The quantitative estimate of drug-likeness (QED) is 0.0676. The van der Waals surface area contributed by atoms with Crippen molar-refractivity contribution in [2.75, 3.05) is 14.7 Å². The van der Waals surface area contributed by atoms with E-state index >= 15 is 0 Å². The van der Waals surface area contributed by atoms with Crippen molar-refractivity contribution >= 4 is 117 Å². The topological polar surface area (TPSA) is 141 Å². The summed E-state index contributed by atoms with van der Waals surface area (Å²) >= 11 is 0. The van der Waals surface area contributed by atoms with Crippen LogP contribution >= 0.6 is 0 Å². The molecule has 27 aromatic rings. The Kier molecular flexibility index (Phi) is 24.8. The molecular formula is C135H93N15. The van der Waals surface area contributed by atoms with E-state index in [1.807, 2.05) is 127 Å². The van der Waals surface area contributed by atoms with Crippen LogP contribution < -0.4 is 14.7 Å². The van der Waals surface area contributed by atoms with Gasteiger partial charge in [0.05, 0.1) is 38.8 Å². The predicted molar refractivity (Wildman–Crippen MR) is 615 cm³/mol. The van der Waals surface area contributed by atoms with Crippen LogP contribution in [0.25, 0.3) is 185 Å². The van der Waals surface area contributed by atoms with E-state index in [1.54, 1.807) is 0 Å². The van der Waals surface area contributed by atoms with E-state index in [4.69, 9.17) is 44.9 Å². The molecule has 708 valence electrons. The van der Waals surface area contributed by atoms with Crippen molar-refractivity contribution < 1.29 is 0 Å². The van der Waals surface area contributed by atoms with Crippen LogP contribution in [-0.4, -0.2) is 58.6 Å². The summed E-state index contributed by atoms with van der Waals surface area (Å²) in [6.07, 6.45) is 0. The summed E-state index contributed by atoms with van der Waals surface area (Å²) in [4.78, 5) is 52.8. The Labute approximate surface area is 867 Å². The molecule has 15 heteroatoms. The van der Waals surface area contributed by atoms with Gasteiger partial charge in [0.25, 0.3) is 0 Å². The highest BCUT2D eigenvalue weighted by atomic mass is 15.2. The molecule has 0 amide bonds. The summed E-state index contributed by atoms with van der Waals surface area (Å²) in [6, 6.07) is 195. The lowest BCUT2D eigenvalue weighted by molar-refractivity contribution is 0.953. The minimum Gasteiger partial charge on any atom is -0.311 e. The summed E-state index contributed by atoms with van der Waals surface area (Å²) < 4.78 is 6.45. The lowest BCUT2D eigenvalue weighted by atomic mass is 9.99. The molecule has 0 radical (unpaired) electrons. The Morgan fingerprint density at radius 1 is 0.127 bits per heavy atom. The summed E-state index contributed by atoms with van der Waals surface area (Å²) in [7, 11) is 0. The van der Waals surface area contributed by atoms with Crippen molar-refractivity contribution in [3.05, 3.63) is 564 Å². The third kappa shape index (κ3) is 18.2. The van der Waals surface area contributed by atoms with Crippen LogP contribution in [0.5, 0.6) is 0 Å². The number of nitrogens with zero attached hydrogens (tertiary/aromatic N) is 15. The average Bonchev–Trinajstić information content (AvgIpc) is 1.59. The number of hydrogen-bond acceptors (Lipinski definition) is 12. The van der Waals surface area contributed by atoms with E-state index in [0.29, 0.717) is 52.8 Å². The van der Waals surface area contributed by atoms with E-state index in [0.717, 1.165) is 183 Å². The van der Waals surface area contributed by atoms with E-state index in [2.05, 4.69) is 465 Å². The molecule has 150 heavy (non-hydrogen) atoms. The zero-order valence-corrected chi connectivity index (χ0v) is 81.4. The number of rotatable bonds is 21. The summed E-state index contributed by atoms with van der Waals surface area (Å²) in [6.45, 7) is 0. The number of benzene rings is 21. The lowest BCUT2D eigenvalue weighted by Crippen LogP contribution is -2.11. The van der Waals surface area contributed by atoms with E-state index in [1.165, 1.54) is 0 Å². The standard InChI is InChI=1S/3C45H31N5/c1-4-17-32(18-5-1)43-46-44(48-45(47-43)50-41-29-14-11-26-38(41)39-27-12-15-30-42(39)50)34-20-16-19-33(31-34)37-25-10-13-28-40(37)49(35-21-6-2-7-22-35)36-23-8-3-9-24-36;1-4-16-32(17-5-1)43-46-44(48-45(47-43)50-41-28-12-10-26-39(41)40-27-11-13-29-42(40)50)35-20-14-18-33(30-35)34-19-15-25-38(31-34)49(36-21-6-2-7-22-36)37-23-8-3-9-24-37;1-4-15-33(16-5-1)43-46-44(48-45(47-43)50-41-25-12-10-23-39(41)40-24-11-13-26-42(40)50)35-18-14-17-34(31-35)32-27-29-38(30-28-32)49(36-19-6-2-7-20-36)37-21-8-3-9-22-37/h3*1-31H. The molecule has 0 aliphatic carbocycles. The third-order valence-electron chi connectivity index (χ3n) is 27.1. The van der Waals surface area contributed by atoms with Gasteiger partial charge in [0.2, 0.25) is 17.8 Å². The molecular weight excluding hydrogens is 1830 g/mol. The first kappa shape index (κ1) is 90.7. The highest BCUT2D eigenvalue weighted by Crippen LogP contribution is 2.46. The maximum absolute atomic E-state index is 5.19. The van der Waals surface area contributed by atoms with Gasteiger partial charge in [-0.3, -0.25) is 13.7 Å². The molecule has 0 spiro atoms. The molecule has 6 heterocycles. The molecule has 0 N–H and O–H groups in total. The van der Waals surface area contributed by atoms with Crippen molar-refractivity contribution in [3.63, 3.8) is 0 Å². The Bertz CT molecular complexity index is 9240. The fourth-order valence-electron chi connectivity index (χ4n) is 20.2. The number of fused-ring (bicyclic) bond motifs is 9. The van der Waals surface area contributed by atoms with Gasteiger partial charge in [-0.1, -0.05) is 406 Å². The van der Waals surface area contributed by atoms with Gasteiger partial charge in [-0.2, -0.15) is 29.9 Å². The Morgan fingerprint density at radius 2 is 0.333 bits per heavy atom. The second kappa shape index (κ2) is 41.1. The molecule has 0 aliphatic heterocycles. The van der Waals surface area contributed by atoms with Gasteiger partial charge < -0.3 is 14.7 Å². The van der Waals surface area contributed by atoms with E-state index in [-0.39, 0.29) is 0 Å². The van der Waals surface area contributed by atoms with E-state index in [9.17, 15) is 0 Å². The molecule has 6 aromatic heterocycles. The van der Waals surface area contributed by atoms with Crippen LogP contribution in [0, 0.1) is 0 Å². The second-order valence-corrected chi connectivity index (χ2v) is 36.4. The first-order valence-electron chi connectivity index (χ1n) is 50.1. The normalized spacial score (nSPS) is 11.2. The molecule has 0 atom stereocenters. The van der Waals surface area contributed by atoms with Crippen LogP contribution in [0.3, 0.4) is 0 Å². The smallest absolute Gasteiger partial charge is 0.238 e. The average molecular weight is 1930 g/mol. The van der Waals surface area contributed by atoms with Gasteiger partial charge in [0.1, 0.15) is 0 Å². The van der Waals surface area contributed by atoms with Gasteiger partial charge in [-0.25, -0.2) is 15.0 Å². The van der Waals surface area contributed by atoms with Crippen LogP contribution in [0.15, 0.2) is 564 Å². The monoisotopic (exact) mass is 1920 g/mol. The van der Waals surface area contributed by atoms with Crippen LogP contribution in [0.4, 0.5) is 51.2 Å². The Hall–Kier alpha value is -20.6. The molecule has 0 bridgehead atoms. The van der Waals surface area contributed by atoms with Gasteiger partial charge in [-0.15, -0.1) is 0 Å². The Morgan fingerprint density at radius 3 is 0.653 bits per heavy atom. The Balaban J connectivity index is 0.000000116. The lowest BCUT2D eigenvalue weighted by Gasteiger charge is -2.27. The maximum Gasteiger partial charge on any atom is 0.238 e. The predicted octanol–water partition coefficient (Wildman–Crippen LogP) is 34.3. The minimum absolute atomic E-state index is 0.580. The number of aromatic nitrogens is 12. The molecule has 0 unspecified atom stereocenters. The van der Waals surface area contributed by atoms with Crippen molar-refractivity contribution in [2.24, 2.45) is 0 Å². The van der Waals surface area contributed by atoms with Crippen molar-refractivity contribution in [1.82, 2.24) is 58.6 Å². The van der Waals surface area contributed by atoms with Crippen molar-refractivity contribution in [2.45, 2.75) is 0 Å². The molecule has 21 aromatic carbocycles. The van der Waals surface area contributed by atoms with Gasteiger partial charge >= 0.3 is 0 Å². The SMILES string of the molecule is c1ccc(-c2nc(-c3cccc(-c4ccc(N(c5ccccc5)c5ccccc5)cc4)c3)nc(-n3c4ccccc4c4ccccc43)n2)cc1.c1ccc(-c2nc(-c3cccc(-c4cccc(N(c5ccccc5)c5ccccc5)c4)c3)nc(-n3c4ccccc4c4ccccc43)n2)cc1.c1ccc(-c2nc(-c3cccc(-c4ccccc4N(c4ccccc4)c4ccccc4)c3)nc(-n3c4ccccc4c4ccccc43)n2)cc1. The largest absolute Gasteiger partial charge is 0.311 e. The second-order valence-electron chi connectivity index (χ2n) is 36.4. The zero-order chi connectivity index (χ0) is 99.8. The molecule has 0 aliphatic rings. The van der Waals surface area contributed by atoms with Gasteiger partial charge in [0, 0.05) is 117 Å². The minimum atomic E-state index is 0.580. The molecule has 0 saturated heterocycles. The molecule has 27 rings (SSSR count). The molecule has 0 fully saturated rings. The highest BCUT2D eigenvalue weighted by Gasteiger charge is 2.26. The highest BCUT2D eigenvalue weighted by molar-refractivity contribution is 6.11. The molecule has 0 saturated carbocycles. The zero-order valence-electron chi connectivity index (χ0n) is 81.4. The van der Waals surface area contributed by atoms with Gasteiger partial charge in [-0.05, 0) is 186 Å². The summed E-state index contributed by atoms with van der Waals surface area (Å²) in [5.74, 6) is 5.47. The van der Waals surface area contributed by atoms with Crippen LogP contribution in [0.1, 0.15) is 0 Å². The van der Waals surface area contributed by atoms with Crippen molar-refractivity contribution in [1.29, 1.82) is 0 Å². The molecule has 15 nitrogen and oxygen atoms in total.